The summed E-state index contributed by atoms with van der Waals surface area (Å²) in [7, 11) is 0. The fourth-order valence-electron chi connectivity index (χ4n) is 0.0382. The van der Waals surface area contributed by atoms with E-state index < -0.39 is 0 Å². The first-order valence-electron chi connectivity index (χ1n) is 1.40. The van der Waals surface area contributed by atoms with Gasteiger partial charge in [0.2, 0.25) is 0 Å². The first-order valence-corrected chi connectivity index (χ1v) is 21.8. The molecule has 0 saturated carbocycles. The average molecular weight is 537 g/mol. The fraction of sp³-hybridized carbons (Fsp3) is 1.00. The molecule has 0 amide bonds. The third kappa shape index (κ3) is 5.06. The molecule has 0 bridgehead atoms. The van der Waals surface area contributed by atoms with Crippen LogP contribution in [0.5, 0.6) is 0 Å². The van der Waals surface area contributed by atoms with E-state index in [0.29, 0.717) is 13.3 Å². The monoisotopic (exact) mass is 537 g/mol. The zero-order valence-corrected chi connectivity index (χ0v) is 11.8. The molecule has 0 fully saturated rings. The first-order chi connectivity index (χ1) is 2.81. The van der Waals surface area contributed by atoms with Crippen molar-refractivity contribution in [1.82, 2.24) is 0 Å². The van der Waals surface area contributed by atoms with Crippen LogP contribution in [0.25, 0.3) is 0 Å². The molecule has 4 heteroatoms. The van der Waals surface area contributed by atoms with Gasteiger partial charge in [0, 0.05) is 0 Å². The van der Waals surface area contributed by atoms with E-state index in [4.69, 9.17) is 0 Å². The molecule has 42 valence electrons. The topological polar surface area (TPSA) is 0 Å². The van der Waals surface area contributed by atoms with E-state index in [1.54, 1.807) is 0 Å². The third-order valence-corrected chi connectivity index (χ3v) is 61.9. The van der Waals surface area contributed by atoms with Crippen LogP contribution >= 0.6 is 49.1 Å². The summed E-state index contributed by atoms with van der Waals surface area (Å²) >= 11 is 5.68. The van der Waals surface area contributed by atoms with Crippen LogP contribution in [0.1, 0.15) is 6.92 Å². The molecule has 0 aromatic heterocycles. The van der Waals surface area contributed by atoms with E-state index in [0.717, 1.165) is 0 Å². The summed E-state index contributed by atoms with van der Waals surface area (Å²) in [6, 6.07) is 0. The molecule has 0 saturated heterocycles. The minimum absolute atomic E-state index is 0.234. The number of rotatable bonds is 2. The van der Waals surface area contributed by atoms with Crippen LogP contribution in [0.4, 0.5) is 0 Å². The molecule has 0 atom stereocenters. The van der Waals surface area contributed by atoms with E-state index in [-0.39, 0.29) is 11.9 Å². The Labute approximate surface area is 71.6 Å². The maximum atomic E-state index is 2.67. The van der Waals surface area contributed by atoms with Crippen molar-refractivity contribution in [3.63, 3.8) is 0 Å². The van der Waals surface area contributed by atoms with Crippen molar-refractivity contribution in [2.45, 2.75) is 6.92 Å². The molecule has 0 rings (SSSR count). The Balaban J connectivity index is 2.75. The van der Waals surface area contributed by atoms with E-state index in [9.17, 15) is 0 Å². The van der Waals surface area contributed by atoms with Gasteiger partial charge in [0.25, 0.3) is 0 Å². The number of alkyl halides is 1. The van der Waals surface area contributed by atoms with Gasteiger partial charge in [-0.1, -0.05) is 0 Å². The molecule has 0 N–H and O–H groups in total. The van der Waals surface area contributed by atoms with Gasteiger partial charge < -0.3 is 0 Å². The summed E-state index contributed by atoms with van der Waals surface area (Å²) in [5.41, 5.74) is 0. The van der Waals surface area contributed by atoms with Crippen LogP contribution in [0, 0.1) is 0 Å². The summed E-state index contributed by atoms with van der Waals surface area (Å²) in [5, 5.41) is 0. The average Bonchev–Trinajstić information content (AvgIpc) is 1.65. The van der Waals surface area contributed by atoms with Crippen molar-refractivity contribution in [2.75, 3.05) is 4.43 Å². The molecular formula is C2H5I4-. The zero-order valence-electron chi connectivity index (χ0n) is 3.22. The standard InChI is InChI=1S/C2H5I4/c1-2-6(4)5-3/h2H2,1H3/q-1. The second kappa shape index (κ2) is 6.05. The van der Waals surface area contributed by atoms with Crippen LogP contribution in [-0.4, -0.2) is 4.43 Å². The Hall–Kier alpha value is 2.92. The van der Waals surface area contributed by atoms with E-state index in [1.165, 1.54) is 4.43 Å². The summed E-state index contributed by atoms with van der Waals surface area (Å²) in [4.78, 5) is 0. The predicted octanol–water partition coefficient (Wildman–Crippen LogP) is 0.217. The first kappa shape index (κ1) is 8.92. The third-order valence-electron chi connectivity index (χ3n) is 0.261. The van der Waals surface area contributed by atoms with Crippen LogP contribution in [0.2, 0.25) is 0 Å². The van der Waals surface area contributed by atoms with Crippen molar-refractivity contribution in [3.8, 4) is 0 Å². The molecule has 0 heterocycles. The van der Waals surface area contributed by atoms with Crippen molar-refractivity contribution in [1.29, 1.82) is 0 Å². The normalized spacial score (nSPS) is 12.2. The van der Waals surface area contributed by atoms with E-state index in [1.807, 2.05) is 0 Å². The van der Waals surface area contributed by atoms with Crippen molar-refractivity contribution >= 4 is 49.1 Å². The van der Waals surface area contributed by atoms with Gasteiger partial charge >= 0.3 is 73.7 Å². The summed E-state index contributed by atoms with van der Waals surface area (Å²) in [6.07, 6.45) is 0. The van der Waals surface area contributed by atoms with Crippen LogP contribution < -0.4 is 13.3 Å². The quantitative estimate of drug-likeness (QED) is 0.350. The molecule has 6 heavy (non-hydrogen) atoms. The molecule has 0 radical (unpaired) electrons. The Morgan fingerprint density at radius 3 is 2.33 bits per heavy atom. The predicted molar refractivity (Wildman–Crippen MR) is 52.6 cm³/mol. The Morgan fingerprint density at radius 2 is 2.33 bits per heavy atom. The Morgan fingerprint density at radius 1 is 1.83 bits per heavy atom. The van der Waals surface area contributed by atoms with Crippen molar-refractivity contribution in [2.24, 2.45) is 0 Å². The second-order valence-electron chi connectivity index (χ2n) is 0.577. The van der Waals surface area contributed by atoms with E-state index >= 15 is 0 Å². The van der Waals surface area contributed by atoms with Crippen molar-refractivity contribution < 1.29 is 13.3 Å². The van der Waals surface area contributed by atoms with Crippen molar-refractivity contribution in [3.05, 3.63) is 0 Å². The molecule has 0 spiro atoms. The molecule has 0 aromatic rings. The fourth-order valence-corrected chi connectivity index (χ4v) is 11.5. The van der Waals surface area contributed by atoms with Crippen LogP contribution in [-0.2, 0) is 0 Å². The van der Waals surface area contributed by atoms with E-state index in [2.05, 4.69) is 44.2 Å². The molecule has 0 aliphatic heterocycles. The molecule has 0 unspecified atom stereocenters. The minimum atomic E-state index is -0.234. The van der Waals surface area contributed by atoms with Gasteiger partial charge in [-0.15, -0.1) is 0 Å². The van der Waals surface area contributed by atoms with Gasteiger partial charge in [-0.3, -0.25) is 0 Å². The second-order valence-corrected chi connectivity index (χ2v) is 43.5. The van der Waals surface area contributed by atoms with Gasteiger partial charge in [-0.25, -0.2) is 0 Å². The van der Waals surface area contributed by atoms with Crippen LogP contribution in [0.15, 0.2) is 0 Å². The SMILES string of the molecule is CCI(I)[I-]I. The van der Waals surface area contributed by atoms with Gasteiger partial charge in [0.1, 0.15) is 0 Å². The molecule has 0 aliphatic carbocycles. The number of halogens is 4. The molecule has 0 aromatic carbocycles. The molecule has 0 nitrogen and oxygen atoms in total. The molecule has 0 aliphatic rings. The number of hydrogen-bond donors (Lipinski definition) is 0. The van der Waals surface area contributed by atoms with Gasteiger partial charge in [-0.05, 0) is 0 Å². The van der Waals surface area contributed by atoms with Gasteiger partial charge in [-0.2, -0.15) is 0 Å². The molecular weight excluding hydrogens is 532 g/mol. The van der Waals surface area contributed by atoms with Gasteiger partial charge in [0.15, 0.2) is 0 Å². The Kier molecular flexibility index (Phi) is 8.99. The maximum absolute atomic E-state index is 2.67. The van der Waals surface area contributed by atoms with Crippen LogP contribution in [0.3, 0.4) is 0 Å². The summed E-state index contributed by atoms with van der Waals surface area (Å²) < 4.78 is 1.51. The summed E-state index contributed by atoms with van der Waals surface area (Å²) in [5.74, 6) is 0. The zero-order chi connectivity index (χ0) is 4.99. The van der Waals surface area contributed by atoms with Gasteiger partial charge in [0.05, 0.1) is 0 Å². The Bertz CT molecular complexity index is 24.7. The number of hydrogen-bond acceptors (Lipinski definition) is 0. The summed E-state index contributed by atoms with van der Waals surface area (Å²) in [6.45, 7) is 2.32.